The first-order valence-corrected chi connectivity index (χ1v) is 6.87. The first kappa shape index (κ1) is 15.0. The van der Waals surface area contributed by atoms with Crippen LogP contribution in [0.2, 0.25) is 0 Å². The first-order chi connectivity index (χ1) is 10.1. The molecule has 4 N–H and O–H groups in total. The van der Waals surface area contributed by atoms with Gasteiger partial charge in [0, 0.05) is 24.5 Å². The predicted octanol–water partition coefficient (Wildman–Crippen LogP) is -0.128. The second kappa shape index (κ2) is 6.86. The van der Waals surface area contributed by atoms with Gasteiger partial charge < -0.3 is 16.4 Å². The summed E-state index contributed by atoms with van der Waals surface area (Å²) in [6, 6.07) is 1.12. The molecule has 6 nitrogen and oxygen atoms in total. The second-order valence-corrected chi connectivity index (χ2v) is 4.88. The van der Waals surface area contributed by atoms with Gasteiger partial charge in [-0.3, -0.25) is 14.6 Å². The molecule has 1 fully saturated rings. The van der Waals surface area contributed by atoms with E-state index >= 15 is 0 Å². The zero-order chi connectivity index (χ0) is 15.2. The molecule has 2 amide bonds. The molecule has 1 unspecified atom stereocenters. The fourth-order valence-corrected chi connectivity index (χ4v) is 2.41. The maximum Gasteiger partial charge on any atom is 0.256 e. The second-order valence-electron chi connectivity index (χ2n) is 4.88. The van der Waals surface area contributed by atoms with Gasteiger partial charge in [0.05, 0.1) is 12.1 Å². The summed E-state index contributed by atoms with van der Waals surface area (Å²) < 4.78 is 0. The van der Waals surface area contributed by atoms with E-state index in [-0.39, 0.29) is 12.5 Å². The van der Waals surface area contributed by atoms with Crippen molar-refractivity contribution < 1.29 is 9.59 Å². The van der Waals surface area contributed by atoms with Crippen molar-refractivity contribution in [3.8, 4) is 11.8 Å². The molecule has 0 radical (unpaired) electrons. The molecule has 1 aliphatic rings. The maximum atomic E-state index is 12.5. The minimum absolute atomic E-state index is 0.234. The van der Waals surface area contributed by atoms with Crippen LogP contribution >= 0.6 is 0 Å². The molecule has 0 bridgehead atoms. The van der Waals surface area contributed by atoms with Crippen LogP contribution in [0.15, 0.2) is 18.5 Å². The molecule has 2 rings (SSSR count). The molecule has 0 aliphatic carbocycles. The molecule has 21 heavy (non-hydrogen) atoms. The summed E-state index contributed by atoms with van der Waals surface area (Å²) in [5.41, 5.74) is 11.7. The van der Waals surface area contributed by atoms with E-state index in [9.17, 15) is 9.59 Å². The summed E-state index contributed by atoms with van der Waals surface area (Å²) in [5.74, 6) is 4.86. The third-order valence-electron chi connectivity index (χ3n) is 3.41. The third-order valence-corrected chi connectivity index (χ3v) is 3.41. The van der Waals surface area contributed by atoms with Crippen LogP contribution in [-0.4, -0.2) is 40.8 Å². The van der Waals surface area contributed by atoms with Crippen molar-refractivity contribution in [2.24, 2.45) is 11.5 Å². The predicted molar refractivity (Wildman–Crippen MR) is 78.0 cm³/mol. The first-order valence-electron chi connectivity index (χ1n) is 6.87. The van der Waals surface area contributed by atoms with E-state index in [1.54, 1.807) is 12.3 Å². The largest absolute Gasteiger partial charge is 0.368 e. The molecule has 1 atom stereocenters. The monoisotopic (exact) mass is 286 g/mol. The van der Waals surface area contributed by atoms with Crippen molar-refractivity contribution in [1.82, 2.24) is 9.88 Å². The highest BCUT2D eigenvalue weighted by Crippen LogP contribution is 2.19. The number of piperidine rings is 1. The van der Waals surface area contributed by atoms with Crippen LogP contribution in [-0.2, 0) is 4.79 Å². The van der Waals surface area contributed by atoms with E-state index in [1.807, 2.05) is 0 Å². The van der Waals surface area contributed by atoms with Gasteiger partial charge in [0.25, 0.3) is 5.91 Å². The summed E-state index contributed by atoms with van der Waals surface area (Å²) in [6.45, 7) is 0.777. The number of pyridine rings is 1. The van der Waals surface area contributed by atoms with Crippen LogP contribution in [0.4, 0.5) is 0 Å². The fraction of sp³-hybridized carbons (Fsp3) is 0.400. The highest BCUT2D eigenvalue weighted by molar-refractivity contribution is 5.97. The van der Waals surface area contributed by atoms with Gasteiger partial charge in [-0.05, 0) is 25.3 Å². The molecule has 0 saturated carbocycles. The van der Waals surface area contributed by atoms with Crippen LogP contribution in [0.1, 0.15) is 35.2 Å². The molecule has 0 aromatic carbocycles. The molecule has 1 saturated heterocycles. The normalized spacial score (nSPS) is 17.8. The molecular weight excluding hydrogens is 268 g/mol. The Balaban J connectivity index is 2.24. The van der Waals surface area contributed by atoms with Crippen molar-refractivity contribution in [2.45, 2.75) is 25.3 Å². The lowest BCUT2D eigenvalue weighted by Crippen LogP contribution is -2.50. The Labute approximate surface area is 123 Å². The number of primary amides is 1. The van der Waals surface area contributed by atoms with Crippen LogP contribution < -0.4 is 11.5 Å². The number of likely N-dealkylation sites (tertiary alicyclic amines) is 1. The van der Waals surface area contributed by atoms with Crippen molar-refractivity contribution in [3.05, 3.63) is 29.6 Å². The average Bonchev–Trinajstić information content (AvgIpc) is 2.52. The van der Waals surface area contributed by atoms with Crippen molar-refractivity contribution in [3.63, 3.8) is 0 Å². The topological polar surface area (TPSA) is 102 Å². The zero-order valence-corrected chi connectivity index (χ0v) is 11.7. The number of hydrogen-bond acceptors (Lipinski definition) is 4. The minimum Gasteiger partial charge on any atom is -0.368 e. The van der Waals surface area contributed by atoms with Gasteiger partial charge in [-0.2, -0.15) is 0 Å². The summed E-state index contributed by atoms with van der Waals surface area (Å²) in [4.78, 5) is 29.6. The minimum atomic E-state index is -0.537. The number of carbonyl (C=O) groups excluding carboxylic acids is 2. The summed E-state index contributed by atoms with van der Waals surface area (Å²) >= 11 is 0. The Morgan fingerprint density at radius 3 is 2.90 bits per heavy atom. The van der Waals surface area contributed by atoms with Crippen LogP contribution in [0.3, 0.4) is 0 Å². The number of carbonyl (C=O) groups is 2. The van der Waals surface area contributed by atoms with Crippen molar-refractivity contribution in [2.75, 3.05) is 13.1 Å². The van der Waals surface area contributed by atoms with Crippen LogP contribution in [0, 0.1) is 11.8 Å². The number of nitrogens with two attached hydrogens (primary N) is 2. The molecule has 1 aliphatic heterocycles. The van der Waals surface area contributed by atoms with Gasteiger partial charge >= 0.3 is 0 Å². The molecule has 110 valence electrons. The summed E-state index contributed by atoms with van der Waals surface area (Å²) in [6.07, 6.45) is 5.43. The molecule has 6 heteroatoms. The number of nitrogens with zero attached hydrogens (tertiary/aromatic N) is 2. The lowest BCUT2D eigenvalue weighted by Gasteiger charge is -2.33. The lowest BCUT2D eigenvalue weighted by molar-refractivity contribution is -0.123. The van der Waals surface area contributed by atoms with Crippen molar-refractivity contribution >= 4 is 11.8 Å². The number of hydrogen-bond donors (Lipinski definition) is 2. The van der Waals surface area contributed by atoms with E-state index < -0.39 is 11.9 Å². The smallest absolute Gasteiger partial charge is 0.256 e. The lowest BCUT2D eigenvalue weighted by atomic mass is 10.0. The van der Waals surface area contributed by atoms with Gasteiger partial charge in [0.2, 0.25) is 5.91 Å². The third kappa shape index (κ3) is 3.58. The molecule has 0 spiro atoms. The van der Waals surface area contributed by atoms with Crippen molar-refractivity contribution in [1.29, 1.82) is 0 Å². The highest BCUT2D eigenvalue weighted by Gasteiger charge is 2.31. The number of rotatable bonds is 2. The Bertz CT molecular complexity index is 603. The van der Waals surface area contributed by atoms with E-state index in [0.717, 1.165) is 12.8 Å². The van der Waals surface area contributed by atoms with Gasteiger partial charge in [0.15, 0.2) is 0 Å². The van der Waals surface area contributed by atoms with Gasteiger partial charge in [-0.15, -0.1) is 0 Å². The highest BCUT2D eigenvalue weighted by atomic mass is 16.2. The standard InChI is InChI=1S/C15H18N4O2/c16-6-3-4-11-8-12(10-18-9-11)15(21)19-7-2-1-5-13(19)14(17)20/h8-10,13H,1-2,5-7,16H2,(H2,17,20). The quantitative estimate of drug-likeness (QED) is 0.739. The Morgan fingerprint density at radius 1 is 1.38 bits per heavy atom. The molecular formula is C15H18N4O2. The zero-order valence-electron chi connectivity index (χ0n) is 11.7. The van der Waals surface area contributed by atoms with Crippen LogP contribution in [0.25, 0.3) is 0 Å². The summed E-state index contributed by atoms with van der Waals surface area (Å²) in [7, 11) is 0. The van der Waals surface area contributed by atoms with Crippen LogP contribution in [0.5, 0.6) is 0 Å². The van der Waals surface area contributed by atoms with Gasteiger partial charge in [-0.1, -0.05) is 11.8 Å². The van der Waals surface area contributed by atoms with E-state index in [4.69, 9.17) is 11.5 Å². The SMILES string of the molecule is NCC#Cc1cncc(C(=O)N2CCCCC2C(N)=O)c1. The number of amides is 2. The molecule has 2 heterocycles. The van der Waals surface area contributed by atoms with E-state index in [2.05, 4.69) is 16.8 Å². The van der Waals surface area contributed by atoms with E-state index in [0.29, 0.717) is 24.1 Å². The Morgan fingerprint density at radius 2 is 2.19 bits per heavy atom. The van der Waals surface area contributed by atoms with E-state index in [1.165, 1.54) is 11.1 Å². The Kier molecular flexibility index (Phi) is 4.90. The fourth-order valence-electron chi connectivity index (χ4n) is 2.41. The van der Waals surface area contributed by atoms with Gasteiger partial charge in [0.1, 0.15) is 6.04 Å². The summed E-state index contributed by atoms with van der Waals surface area (Å²) in [5, 5.41) is 0. The average molecular weight is 286 g/mol. The number of aromatic nitrogens is 1. The van der Waals surface area contributed by atoms with Gasteiger partial charge in [-0.25, -0.2) is 0 Å². The maximum absolute atomic E-state index is 12.5. The molecule has 1 aromatic rings. The Hall–Kier alpha value is -2.39. The molecule has 1 aromatic heterocycles.